The van der Waals surface area contributed by atoms with Crippen LogP contribution >= 0.6 is 0 Å². The molecule has 0 atom stereocenters. The van der Waals surface area contributed by atoms with Gasteiger partial charge in [-0.15, -0.1) is 0 Å². The zero-order valence-electron chi connectivity index (χ0n) is 9.63. The van der Waals surface area contributed by atoms with Crippen molar-refractivity contribution in [2.24, 2.45) is 5.41 Å². The number of allylic oxidation sites excluding steroid dienone is 1. The summed E-state index contributed by atoms with van der Waals surface area (Å²) in [6, 6.07) is 0. The van der Waals surface area contributed by atoms with Gasteiger partial charge in [-0.05, 0) is 24.8 Å². The van der Waals surface area contributed by atoms with Gasteiger partial charge in [0.25, 0.3) is 0 Å². The van der Waals surface area contributed by atoms with E-state index in [-0.39, 0.29) is 23.6 Å². The Hall–Kier alpha value is -1.12. The lowest BCUT2D eigenvalue weighted by molar-refractivity contribution is -0.142. The van der Waals surface area contributed by atoms with Crippen molar-refractivity contribution in [1.29, 1.82) is 0 Å². The number of hydrogen-bond acceptors (Lipinski definition) is 3. The summed E-state index contributed by atoms with van der Waals surface area (Å²) in [5.41, 5.74) is 0.878. The predicted molar refractivity (Wildman–Crippen MR) is 57.4 cm³/mol. The second-order valence-corrected chi connectivity index (χ2v) is 4.77. The van der Waals surface area contributed by atoms with Crippen LogP contribution in [0, 0.1) is 5.41 Å². The zero-order valence-corrected chi connectivity index (χ0v) is 9.63. The standard InChI is InChI=1S/C12H18O3/c1-4-15-11(14)6-9-5-10(13)8-12(2,3)7-9/h5H,4,6-8H2,1-3H3. The van der Waals surface area contributed by atoms with Gasteiger partial charge < -0.3 is 4.74 Å². The van der Waals surface area contributed by atoms with E-state index in [4.69, 9.17) is 4.74 Å². The van der Waals surface area contributed by atoms with Gasteiger partial charge in [0.2, 0.25) is 0 Å². The summed E-state index contributed by atoms with van der Waals surface area (Å²) in [7, 11) is 0. The summed E-state index contributed by atoms with van der Waals surface area (Å²) in [4.78, 5) is 22.7. The van der Waals surface area contributed by atoms with E-state index in [0.29, 0.717) is 13.0 Å². The average molecular weight is 210 g/mol. The maximum Gasteiger partial charge on any atom is 0.309 e. The average Bonchev–Trinajstić information content (AvgIpc) is 1.99. The third-order valence-corrected chi connectivity index (χ3v) is 2.40. The summed E-state index contributed by atoms with van der Waals surface area (Å²) in [5.74, 6) is -0.125. The molecule has 0 aromatic carbocycles. The molecule has 0 saturated heterocycles. The van der Waals surface area contributed by atoms with Crippen LogP contribution in [-0.2, 0) is 14.3 Å². The van der Waals surface area contributed by atoms with Crippen molar-refractivity contribution < 1.29 is 14.3 Å². The molecule has 3 nitrogen and oxygen atoms in total. The van der Waals surface area contributed by atoms with E-state index in [1.165, 1.54) is 0 Å². The molecule has 0 bridgehead atoms. The van der Waals surface area contributed by atoms with E-state index in [9.17, 15) is 9.59 Å². The number of ether oxygens (including phenoxy) is 1. The van der Waals surface area contributed by atoms with Gasteiger partial charge in [-0.1, -0.05) is 19.4 Å². The first-order valence-corrected chi connectivity index (χ1v) is 5.31. The molecule has 0 amide bonds. The third kappa shape index (κ3) is 3.86. The molecule has 1 rings (SSSR count). The summed E-state index contributed by atoms with van der Waals surface area (Å²) in [6.07, 6.45) is 3.22. The van der Waals surface area contributed by atoms with Crippen molar-refractivity contribution in [2.75, 3.05) is 6.61 Å². The fraction of sp³-hybridized carbons (Fsp3) is 0.667. The SMILES string of the molecule is CCOC(=O)CC1=CC(=O)CC(C)(C)C1. The van der Waals surface area contributed by atoms with Crippen molar-refractivity contribution in [3.05, 3.63) is 11.6 Å². The van der Waals surface area contributed by atoms with Crippen molar-refractivity contribution in [2.45, 2.75) is 40.0 Å². The number of rotatable bonds is 3. The van der Waals surface area contributed by atoms with Crippen molar-refractivity contribution in [3.63, 3.8) is 0 Å². The quantitative estimate of drug-likeness (QED) is 0.671. The summed E-state index contributed by atoms with van der Waals surface area (Å²) in [5, 5.41) is 0. The van der Waals surface area contributed by atoms with E-state index < -0.39 is 0 Å². The highest BCUT2D eigenvalue weighted by molar-refractivity contribution is 5.92. The molecule has 1 aliphatic rings. The normalized spacial score (nSPS) is 19.7. The predicted octanol–water partition coefficient (Wildman–Crippen LogP) is 2.26. The molecule has 0 aromatic rings. The van der Waals surface area contributed by atoms with Crippen LogP contribution in [0.5, 0.6) is 0 Å². The van der Waals surface area contributed by atoms with Crippen LogP contribution in [0.15, 0.2) is 11.6 Å². The maximum atomic E-state index is 11.4. The zero-order chi connectivity index (χ0) is 11.5. The fourth-order valence-electron chi connectivity index (χ4n) is 1.99. The van der Waals surface area contributed by atoms with Gasteiger partial charge in [-0.25, -0.2) is 0 Å². The first-order valence-electron chi connectivity index (χ1n) is 5.31. The Bertz CT molecular complexity index is 300. The highest BCUT2D eigenvalue weighted by Crippen LogP contribution is 2.34. The molecule has 3 heteroatoms. The first kappa shape index (κ1) is 12.0. The Kier molecular flexibility index (Phi) is 3.66. The molecule has 0 saturated carbocycles. The number of carbonyl (C=O) groups is 2. The molecule has 0 radical (unpaired) electrons. The van der Waals surface area contributed by atoms with Gasteiger partial charge in [0.15, 0.2) is 5.78 Å². The van der Waals surface area contributed by atoms with E-state index in [2.05, 4.69) is 0 Å². The van der Waals surface area contributed by atoms with Crippen LogP contribution in [-0.4, -0.2) is 18.4 Å². The van der Waals surface area contributed by atoms with Crippen LogP contribution in [0.1, 0.15) is 40.0 Å². The number of carbonyl (C=O) groups excluding carboxylic acids is 2. The third-order valence-electron chi connectivity index (χ3n) is 2.40. The summed E-state index contributed by atoms with van der Waals surface area (Å²) in [6.45, 7) is 6.26. The molecular weight excluding hydrogens is 192 g/mol. The molecule has 0 aromatic heterocycles. The fourth-order valence-corrected chi connectivity index (χ4v) is 1.99. The highest BCUT2D eigenvalue weighted by Gasteiger charge is 2.28. The van der Waals surface area contributed by atoms with Crippen molar-refractivity contribution in [3.8, 4) is 0 Å². The minimum absolute atomic E-state index is 0.0202. The lowest BCUT2D eigenvalue weighted by atomic mass is 9.76. The van der Waals surface area contributed by atoms with Gasteiger partial charge in [-0.2, -0.15) is 0 Å². The van der Waals surface area contributed by atoms with E-state index in [1.807, 2.05) is 13.8 Å². The maximum absolute atomic E-state index is 11.4. The van der Waals surface area contributed by atoms with Gasteiger partial charge in [-0.3, -0.25) is 9.59 Å². The Morgan fingerprint density at radius 2 is 2.13 bits per heavy atom. The van der Waals surface area contributed by atoms with Crippen LogP contribution < -0.4 is 0 Å². The molecule has 1 aliphatic carbocycles. The highest BCUT2D eigenvalue weighted by atomic mass is 16.5. The Morgan fingerprint density at radius 3 is 2.67 bits per heavy atom. The molecule has 0 unspecified atom stereocenters. The first-order chi connectivity index (χ1) is 6.93. The smallest absolute Gasteiger partial charge is 0.309 e. The number of hydrogen-bond donors (Lipinski definition) is 0. The van der Waals surface area contributed by atoms with Crippen LogP contribution in [0.4, 0.5) is 0 Å². The number of ketones is 1. The number of esters is 1. The molecule has 15 heavy (non-hydrogen) atoms. The Balaban J connectivity index is 2.62. The van der Waals surface area contributed by atoms with Crippen LogP contribution in [0.2, 0.25) is 0 Å². The molecule has 84 valence electrons. The van der Waals surface area contributed by atoms with Gasteiger partial charge in [0.05, 0.1) is 13.0 Å². The lowest BCUT2D eigenvalue weighted by Crippen LogP contribution is -2.23. The van der Waals surface area contributed by atoms with Gasteiger partial charge >= 0.3 is 5.97 Å². The van der Waals surface area contributed by atoms with Crippen molar-refractivity contribution in [1.82, 2.24) is 0 Å². The second-order valence-electron chi connectivity index (χ2n) is 4.77. The minimum atomic E-state index is -0.241. The molecule has 0 N–H and O–H groups in total. The van der Waals surface area contributed by atoms with E-state index >= 15 is 0 Å². The molecule has 0 fully saturated rings. The molecular formula is C12H18O3. The lowest BCUT2D eigenvalue weighted by Gasteiger charge is -2.28. The van der Waals surface area contributed by atoms with E-state index in [1.54, 1.807) is 13.0 Å². The van der Waals surface area contributed by atoms with Gasteiger partial charge in [0.1, 0.15) is 0 Å². The Labute approximate surface area is 90.5 Å². The van der Waals surface area contributed by atoms with Gasteiger partial charge in [0, 0.05) is 6.42 Å². The second kappa shape index (κ2) is 4.60. The molecule has 0 spiro atoms. The Morgan fingerprint density at radius 1 is 1.47 bits per heavy atom. The van der Waals surface area contributed by atoms with Crippen molar-refractivity contribution >= 4 is 11.8 Å². The minimum Gasteiger partial charge on any atom is -0.466 e. The monoisotopic (exact) mass is 210 g/mol. The van der Waals surface area contributed by atoms with Crippen LogP contribution in [0.25, 0.3) is 0 Å². The summed E-state index contributed by atoms with van der Waals surface area (Å²) < 4.78 is 4.86. The molecule has 0 aliphatic heterocycles. The van der Waals surface area contributed by atoms with Crippen LogP contribution in [0.3, 0.4) is 0 Å². The largest absolute Gasteiger partial charge is 0.466 e. The van der Waals surface area contributed by atoms with E-state index in [0.717, 1.165) is 12.0 Å². The molecule has 0 heterocycles. The topological polar surface area (TPSA) is 43.4 Å². The summed E-state index contributed by atoms with van der Waals surface area (Å²) >= 11 is 0.